The predicted octanol–water partition coefficient (Wildman–Crippen LogP) is 5.65. The van der Waals surface area contributed by atoms with Gasteiger partial charge in [0, 0.05) is 30.1 Å². The summed E-state index contributed by atoms with van der Waals surface area (Å²) in [6.07, 6.45) is 2.83. The van der Waals surface area contributed by atoms with Gasteiger partial charge in [0.2, 0.25) is 0 Å². The standard InChI is InChI=1S/C31H28F2N4O3/c1-2-17-40-29-12-6-11-26-21(29)18-28(36(26)19-22-23(32)7-5-8-24(22)33)30(38)35-15-13-20(14-16-35)37-27-10-4-3-9-25(27)34-31(37)39/h2-12,18,20H,1,13-17,19H2,(H,34,39). The van der Waals surface area contributed by atoms with Crippen LogP contribution in [0.25, 0.3) is 21.9 Å². The second-order valence-corrected chi connectivity index (χ2v) is 9.95. The highest BCUT2D eigenvalue weighted by molar-refractivity contribution is 6.00. The number of carbonyl (C=O) groups is 1. The number of carbonyl (C=O) groups excluding carboxylic acids is 1. The van der Waals surface area contributed by atoms with Gasteiger partial charge in [-0.1, -0.05) is 36.9 Å². The van der Waals surface area contributed by atoms with Gasteiger partial charge >= 0.3 is 5.69 Å². The van der Waals surface area contributed by atoms with Crippen LogP contribution in [-0.2, 0) is 6.54 Å². The maximum atomic E-state index is 14.7. The number of hydrogen-bond donors (Lipinski definition) is 1. The molecule has 1 fully saturated rings. The molecule has 1 amide bonds. The third-order valence-electron chi connectivity index (χ3n) is 7.60. The number of likely N-dealkylation sites (tertiary alicyclic amines) is 1. The SMILES string of the molecule is C=CCOc1cccc2c1cc(C(=O)N1CCC(n3c(=O)[nH]c4ccccc43)CC1)n2Cc1c(F)cccc1F. The monoisotopic (exact) mass is 542 g/mol. The second kappa shape index (κ2) is 10.5. The van der Waals surface area contributed by atoms with Gasteiger partial charge in [0.25, 0.3) is 5.91 Å². The van der Waals surface area contributed by atoms with E-state index in [1.165, 1.54) is 18.2 Å². The Kier molecular flexibility index (Phi) is 6.71. The first kappa shape index (κ1) is 25.6. The first-order chi connectivity index (χ1) is 19.5. The normalized spacial score (nSPS) is 14.2. The van der Waals surface area contributed by atoms with Crippen LogP contribution in [0.4, 0.5) is 8.78 Å². The molecule has 6 rings (SSSR count). The number of halogens is 2. The minimum atomic E-state index is -0.677. The van der Waals surface area contributed by atoms with Crippen molar-refractivity contribution in [1.29, 1.82) is 0 Å². The van der Waals surface area contributed by atoms with Crippen LogP contribution < -0.4 is 10.4 Å². The Balaban J connectivity index is 1.33. The van der Waals surface area contributed by atoms with Crippen LogP contribution in [0.1, 0.15) is 34.9 Å². The van der Waals surface area contributed by atoms with Crippen molar-refractivity contribution in [3.05, 3.63) is 113 Å². The van der Waals surface area contributed by atoms with Crippen molar-refractivity contribution in [2.45, 2.75) is 25.4 Å². The van der Waals surface area contributed by atoms with E-state index in [0.29, 0.717) is 48.3 Å². The van der Waals surface area contributed by atoms with Crippen molar-refractivity contribution in [2.75, 3.05) is 19.7 Å². The molecule has 0 aliphatic carbocycles. The number of aromatic nitrogens is 3. The molecule has 3 heterocycles. The summed E-state index contributed by atoms with van der Waals surface area (Å²) in [5.74, 6) is -1.04. The maximum Gasteiger partial charge on any atom is 0.326 e. The van der Waals surface area contributed by atoms with E-state index in [1.54, 1.807) is 44.4 Å². The van der Waals surface area contributed by atoms with E-state index in [0.717, 1.165) is 11.0 Å². The molecule has 1 aliphatic heterocycles. The lowest BCUT2D eigenvalue weighted by molar-refractivity contribution is 0.0685. The molecule has 0 spiro atoms. The van der Waals surface area contributed by atoms with Gasteiger partial charge in [-0.05, 0) is 55.3 Å². The molecule has 1 N–H and O–H groups in total. The highest BCUT2D eigenvalue weighted by Crippen LogP contribution is 2.32. The average Bonchev–Trinajstić information content (AvgIpc) is 3.50. The number of rotatable bonds is 7. The topological polar surface area (TPSA) is 72.3 Å². The molecule has 7 nitrogen and oxygen atoms in total. The fraction of sp³-hybridized carbons (Fsp3) is 0.226. The van der Waals surface area contributed by atoms with Gasteiger partial charge in [-0.15, -0.1) is 0 Å². The van der Waals surface area contributed by atoms with Gasteiger partial charge in [-0.3, -0.25) is 9.36 Å². The largest absolute Gasteiger partial charge is 0.489 e. The summed E-state index contributed by atoms with van der Waals surface area (Å²) in [5, 5.41) is 0.671. The second-order valence-electron chi connectivity index (χ2n) is 9.95. The number of fused-ring (bicyclic) bond motifs is 2. The van der Waals surface area contributed by atoms with Crippen molar-refractivity contribution in [3.63, 3.8) is 0 Å². The van der Waals surface area contributed by atoms with Gasteiger partial charge in [-0.25, -0.2) is 13.6 Å². The molecular formula is C31H28F2N4O3. The van der Waals surface area contributed by atoms with E-state index in [4.69, 9.17) is 4.74 Å². The number of nitrogens with zero attached hydrogens (tertiary/aromatic N) is 3. The summed E-state index contributed by atoms with van der Waals surface area (Å²) in [6, 6.07) is 18.4. The number of hydrogen-bond acceptors (Lipinski definition) is 3. The van der Waals surface area contributed by atoms with E-state index in [-0.39, 0.29) is 36.4 Å². The lowest BCUT2D eigenvalue weighted by atomic mass is 10.0. The minimum absolute atomic E-state index is 0.0509. The Morgan fingerprint density at radius 1 is 1.00 bits per heavy atom. The maximum absolute atomic E-state index is 14.7. The molecular weight excluding hydrogens is 514 g/mol. The Labute approximate surface area is 228 Å². The summed E-state index contributed by atoms with van der Waals surface area (Å²) in [6.45, 7) is 4.68. The highest BCUT2D eigenvalue weighted by Gasteiger charge is 2.29. The smallest absolute Gasteiger partial charge is 0.326 e. The summed E-state index contributed by atoms with van der Waals surface area (Å²) < 4.78 is 38.6. The minimum Gasteiger partial charge on any atom is -0.489 e. The summed E-state index contributed by atoms with van der Waals surface area (Å²) in [5.41, 5.74) is 2.29. The summed E-state index contributed by atoms with van der Waals surface area (Å²) in [4.78, 5) is 31.3. The number of H-pyrrole nitrogens is 1. The fourth-order valence-corrected chi connectivity index (χ4v) is 5.65. The molecule has 0 unspecified atom stereocenters. The van der Waals surface area contributed by atoms with E-state index in [2.05, 4.69) is 11.6 Å². The Morgan fingerprint density at radius 3 is 2.45 bits per heavy atom. The van der Waals surface area contributed by atoms with Crippen LogP contribution >= 0.6 is 0 Å². The molecule has 204 valence electrons. The number of amides is 1. The first-order valence-corrected chi connectivity index (χ1v) is 13.2. The van der Waals surface area contributed by atoms with Crippen molar-refractivity contribution >= 4 is 27.8 Å². The van der Waals surface area contributed by atoms with E-state index in [9.17, 15) is 18.4 Å². The Hall–Kier alpha value is -4.66. The first-order valence-electron chi connectivity index (χ1n) is 13.2. The zero-order valence-electron chi connectivity index (χ0n) is 21.8. The van der Waals surface area contributed by atoms with Crippen molar-refractivity contribution in [1.82, 2.24) is 19.0 Å². The molecule has 5 aromatic rings. The van der Waals surface area contributed by atoms with Crippen LogP contribution in [0.2, 0.25) is 0 Å². The van der Waals surface area contributed by atoms with Gasteiger partial charge in [0.15, 0.2) is 0 Å². The third kappa shape index (κ3) is 4.47. The number of ether oxygens (including phenoxy) is 1. The van der Waals surface area contributed by atoms with E-state index >= 15 is 0 Å². The molecule has 0 atom stereocenters. The molecule has 3 aromatic carbocycles. The Bertz CT molecular complexity index is 1770. The number of para-hydroxylation sites is 2. The van der Waals surface area contributed by atoms with Gasteiger partial charge < -0.3 is 19.2 Å². The van der Waals surface area contributed by atoms with Gasteiger partial charge in [0.1, 0.15) is 29.7 Å². The lowest BCUT2D eigenvalue weighted by Crippen LogP contribution is -2.41. The quantitative estimate of drug-likeness (QED) is 0.270. The van der Waals surface area contributed by atoms with E-state index in [1.807, 2.05) is 24.3 Å². The molecule has 2 aromatic heterocycles. The van der Waals surface area contributed by atoms with Crippen LogP contribution in [0.15, 0.2) is 84.2 Å². The lowest BCUT2D eigenvalue weighted by Gasteiger charge is -2.32. The van der Waals surface area contributed by atoms with Crippen LogP contribution in [0.5, 0.6) is 5.75 Å². The number of piperidine rings is 1. The molecule has 1 saturated heterocycles. The van der Waals surface area contributed by atoms with Crippen LogP contribution in [0, 0.1) is 11.6 Å². The summed E-state index contributed by atoms with van der Waals surface area (Å²) >= 11 is 0. The zero-order valence-corrected chi connectivity index (χ0v) is 21.8. The molecule has 0 bridgehead atoms. The predicted molar refractivity (Wildman–Crippen MR) is 150 cm³/mol. The molecule has 40 heavy (non-hydrogen) atoms. The average molecular weight is 543 g/mol. The number of nitrogens with one attached hydrogen (secondary N) is 1. The summed E-state index contributed by atoms with van der Waals surface area (Å²) in [7, 11) is 0. The van der Waals surface area contributed by atoms with Crippen molar-refractivity contribution in [2.24, 2.45) is 0 Å². The molecule has 9 heteroatoms. The van der Waals surface area contributed by atoms with Crippen LogP contribution in [0.3, 0.4) is 0 Å². The van der Waals surface area contributed by atoms with Gasteiger partial charge in [0.05, 0.1) is 23.1 Å². The van der Waals surface area contributed by atoms with Crippen LogP contribution in [-0.4, -0.2) is 44.6 Å². The van der Waals surface area contributed by atoms with Gasteiger partial charge in [-0.2, -0.15) is 0 Å². The number of aromatic amines is 1. The van der Waals surface area contributed by atoms with Crippen molar-refractivity contribution in [3.8, 4) is 5.75 Å². The van der Waals surface area contributed by atoms with E-state index < -0.39 is 11.6 Å². The molecule has 0 saturated carbocycles. The zero-order chi connectivity index (χ0) is 27.8. The fourth-order valence-electron chi connectivity index (χ4n) is 5.65. The van der Waals surface area contributed by atoms with Crippen molar-refractivity contribution < 1.29 is 18.3 Å². The Morgan fingerprint density at radius 2 is 1.70 bits per heavy atom. The third-order valence-corrected chi connectivity index (χ3v) is 7.60. The number of benzene rings is 3. The highest BCUT2D eigenvalue weighted by atomic mass is 19.1. The molecule has 1 aliphatic rings. The molecule has 0 radical (unpaired) electrons. The number of imidazole rings is 1.